The van der Waals surface area contributed by atoms with Crippen LogP contribution in [0.25, 0.3) is 28.7 Å². The van der Waals surface area contributed by atoms with Crippen molar-refractivity contribution in [2.75, 3.05) is 14.2 Å². The summed E-state index contributed by atoms with van der Waals surface area (Å²) in [6, 6.07) is 21.4. The van der Waals surface area contributed by atoms with Gasteiger partial charge in [0.25, 0.3) is 0 Å². The molecular weight excluding hydrogens is 558 g/mol. The molecule has 0 aliphatic heterocycles. The van der Waals surface area contributed by atoms with E-state index >= 15 is 0 Å². The first-order valence-electron chi connectivity index (χ1n) is 13.5. The zero-order valence-corrected chi connectivity index (χ0v) is 24.4. The summed E-state index contributed by atoms with van der Waals surface area (Å²) in [4.78, 5) is 42.8. The van der Waals surface area contributed by atoms with Crippen molar-refractivity contribution in [3.05, 3.63) is 125 Å². The molecule has 0 spiro atoms. The molecule has 0 bridgehead atoms. The number of carbonyl (C=O) groups is 3. The predicted octanol–water partition coefficient (Wildman–Crippen LogP) is 5.70. The van der Waals surface area contributed by atoms with Crippen molar-refractivity contribution in [1.82, 2.24) is 19.3 Å². The van der Waals surface area contributed by atoms with Crippen LogP contribution in [0.4, 0.5) is 0 Å². The summed E-state index contributed by atoms with van der Waals surface area (Å²) in [5, 5.41) is 14.9. The largest absolute Gasteiger partial charge is 0.465 e. The molecule has 0 unspecified atom stereocenters. The quantitative estimate of drug-likeness (QED) is 0.0981. The SMILES string of the molecule is COC(=O)c1cc(C(=O)OC)cc(-n2c(C)cc(C(=O)/C(C#N)=C/c3cn(-c4ccccc4)nc3-c3cccnc3)c2C)c1. The van der Waals surface area contributed by atoms with Crippen molar-refractivity contribution in [2.45, 2.75) is 13.8 Å². The number of nitriles is 1. The number of ether oxygens (including phenoxy) is 2. The van der Waals surface area contributed by atoms with E-state index in [2.05, 4.69) is 11.1 Å². The number of ketones is 1. The van der Waals surface area contributed by atoms with Crippen molar-refractivity contribution in [1.29, 1.82) is 5.26 Å². The third kappa shape index (κ3) is 5.67. The van der Waals surface area contributed by atoms with E-state index in [-0.39, 0.29) is 22.3 Å². The molecule has 0 fully saturated rings. The van der Waals surface area contributed by atoms with Gasteiger partial charge in [0, 0.05) is 52.4 Å². The fourth-order valence-corrected chi connectivity index (χ4v) is 4.98. The van der Waals surface area contributed by atoms with Crippen LogP contribution in [0.2, 0.25) is 0 Å². The van der Waals surface area contributed by atoms with E-state index in [4.69, 9.17) is 14.6 Å². The first-order chi connectivity index (χ1) is 21.2. The van der Waals surface area contributed by atoms with E-state index in [1.165, 1.54) is 26.4 Å². The van der Waals surface area contributed by atoms with Crippen molar-refractivity contribution in [2.24, 2.45) is 0 Å². The average Bonchev–Trinajstić information content (AvgIpc) is 3.62. The van der Waals surface area contributed by atoms with Crippen LogP contribution in [0.5, 0.6) is 0 Å². The smallest absolute Gasteiger partial charge is 0.337 e. The zero-order valence-electron chi connectivity index (χ0n) is 24.4. The molecule has 0 aliphatic carbocycles. The number of esters is 2. The number of nitrogens with zero attached hydrogens (tertiary/aromatic N) is 5. The fraction of sp³-hybridized carbons (Fsp3) is 0.118. The van der Waals surface area contributed by atoms with Crippen LogP contribution < -0.4 is 0 Å². The van der Waals surface area contributed by atoms with Gasteiger partial charge in [0.2, 0.25) is 5.78 Å². The molecule has 5 aromatic rings. The molecule has 0 N–H and O–H groups in total. The molecule has 3 heterocycles. The summed E-state index contributed by atoms with van der Waals surface area (Å²) in [6.07, 6.45) is 6.61. The lowest BCUT2D eigenvalue weighted by molar-refractivity contribution is 0.0599. The highest BCUT2D eigenvalue weighted by molar-refractivity contribution is 6.15. The summed E-state index contributed by atoms with van der Waals surface area (Å²) in [6.45, 7) is 3.51. The van der Waals surface area contributed by atoms with Crippen molar-refractivity contribution >= 4 is 23.8 Å². The number of para-hydroxylation sites is 1. The molecule has 10 heteroatoms. The Morgan fingerprint density at radius 3 is 2.16 bits per heavy atom. The number of aryl methyl sites for hydroxylation is 1. The molecule has 44 heavy (non-hydrogen) atoms. The molecule has 0 atom stereocenters. The Morgan fingerprint density at radius 2 is 1.57 bits per heavy atom. The maximum atomic E-state index is 13.9. The van der Waals surface area contributed by atoms with E-state index in [1.54, 1.807) is 66.0 Å². The number of methoxy groups -OCH3 is 2. The van der Waals surface area contributed by atoms with Crippen molar-refractivity contribution in [3.63, 3.8) is 0 Å². The molecule has 0 aliphatic rings. The number of aromatic nitrogens is 4. The second kappa shape index (κ2) is 12.4. The van der Waals surface area contributed by atoms with Gasteiger partial charge in [0.15, 0.2) is 0 Å². The Morgan fingerprint density at radius 1 is 0.886 bits per heavy atom. The topological polar surface area (TPSA) is 129 Å². The minimum Gasteiger partial charge on any atom is -0.465 e. The zero-order chi connectivity index (χ0) is 31.4. The minimum absolute atomic E-state index is 0.0958. The Balaban J connectivity index is 1.60. The maximum absolute atomic E-state index is 13.9. The predicted molar refractivity (Wildman–Crippen MR) is 163 cm³/mol. The number of allylic oxidation sites excluding steroid dienone is 1. The summed E-state index contributed by atoms with van der Waals surface area (Å²) < 4.78 is 13.1. The first-order valence-corrected chi connectivity index (χ1v) is 13.5. The number of rotatable bonds is 8. The molecule has 2 aromatic carbocycles. The second-order valence-corrected chi connectivity index (χ2v) is 9.83. The Kier molecular flexibility index (Phi) is 8.31. The van der Waals surface area contributed by atoms with Crippen molar-refractivity contribution in [3.8, 4) is 28.7 Å². The third-order valence-corrected chi connectivity index (χ3v) is 7.06. The van der Waals surface area contributed by atoms with E-state index in [1.807, 2.05) is 36.4 Å². The molecule has 10 nitrogen and oxygen atoms in total. The van der Waals surface area contributed by atoms with Gasteiger partial charge in [-0.25, -0.2) is 14.3 Å². The number of hydrogen-bond acceptors (Lipinski definition) is 8. The number of pyridine rings is 1. The van der Waals surface area contributed by atoms with E-state index in [9.17, 15) is 19.6 Å². The van der Waals surface area contributed by atoms with Gasteiger partial charge < -0.3 is 14.0 Å². The van der Waals surface area contributed by atoms with Crippen LogP contribution >= 0.6 is 0 Å². The molecular formula is C34H27N5O5. The van der Waals surface area contributed by atoms with Crippen LogP contribution in [0.1, 0.15) is 48.0 Å². The van der Waals surface area contributed by atoms with Gasteiger partial charge in [-0.05, 0) is 68.5 Å². The molecule has 5 rings (SSSR count). The normalized spacial score (nSPS) is 11.1. The van der Waals surface area contributed by atoms with Gasteiger partial charge in [-0.2, -0.15) is 10.4 Å². The lowest BCUT2D eigenvalue weighted by Crippen LogP contribution is -2.10. The van der Waals surface area contributed by atoms with Crippen LogP contribution in [0.3, 0.4) is 0 Å². The standard InChI is InChI=1S/C34H27N5O5/c1-21-13-30(22(2)39(21)29-16-24(33(41)43-3)14-25(17-29)34(42)44-4)32(40)26(18-35)15-27-20-38(28-10-6-5-7-11-28)37-31(27)23-9-8-12-36-19-23/h5-17,19-20H,1-4H3/b26-15+. The molecule has 0 amide bonds. The third-order valence-electron chi connectivity index (χ3n) is 7.06. The first kappa shape index (κ1) is 29.4. The molecule has 3 aromatic heterocycles. The minimum atomic E-state index is -0.633. The van der Waals surface area contributed by atoms with Crippen LogP contribution in [-0.2, 0) is 9.47 Å². The van der Waals surface area contributed by atoms with Crippen LogP contribution in [0.15, 0.2) is 90.9 Å². The van der Waals surface area contributed by atoms with Gasteiger partial charge in [0.1, 0.15) is 17.3 Å². The number of Topliss-reactive ketones (excluding diaryl/α,β-unsaturated/α-hetero) is 1. The van der Waals surface area contributed by atoms with Gasteiger partial charge in [0.05, 0.1) is 31.0 Å². The van der Waals surface area contributed by atoms with E-state index in [0.29, 0.717) is 28.3 Å². The fourth-order valence-electron chi connectivity index (χ4n) is 4.98. The summed E-state index contributed by atoms with van der Waals surface area (Å²) in [7, 11) is 2.49. The summed E-state index contributed by atoms with van der Waals surface area (Å²) >= 11 is 0. The highest BCUT2D eigenvalue weighted by Gasteiger charge is 2.23. The van der Waals surface area contributed by atoms with Gasteiger partial charge in [-0.15, -0.1) is 0 Å². The Hall–Kier alpha value is -6.08. The molecule has 218 valence electrons. The highest BCUT2D eigenvalue weighted by atomic mass is 16.5. The molecule has 0 saturated carbocycles. The number of benzene rings is 2. The second-order valence-electron chi connectivity index (χ2n) is 9.83. The Labute approximate surface area is 253 Å². The van der Waals surface area contributed by atoms with Crippen molar-refractivity contribution < 1.29 is 23.9 Å². The van der Waals surface area contributed by atoms with Crippen LogP contribution in [0, 0.1) is 25.2 Å². The highest BCUT2D eigenvalue weighted by Crippen LogP contribution is 2.28. The van der Waals surface area contributed by atoms with Crippen LogP contribution in [-0.4, -0.2) is 51.3 Å². The number of hydrogen-bond donors (Lipinski definition) is 0. The lowest BCUT2D eigenvalue weighted by atomic mass is 10.0. The van der Waals surface area contributed by atoms with Gasteiger partial charge in [-0.3, -0.25) is 9.78 Å². The van der Waals surface area contributed by atoms with Gasteiger partial charge in [-0.1, -0.05) is 18.2 Å². The summed E-state index contributed by atoms with van der Waals surface area (Å²) in [5.41, 5.74) is 4.74. The summed E-state index contributed by atoms with van der Waals surface area (Å²) in [5.74, 6) is -1.76. The van der Waals surface area contributed by atoms with E-state index < -0.39 is 17.7 Å². The maximum Gasteiger partial charge on any atom is 0.337 e. The number of carbonyl (C=O) groups excluding carboxylic acids is 3. The lowest BCUT2D eigenvalue weighted by Gasteiger charge is -2.13. The molecule has 0 saturated heterocycles. The average molecular weight is 586 g/mol. The Bertz CT molecular complexity index is 1930. The van der Waals surface area contributed by atoms with E-state index in [0.717, 1.165) is 11.3 Å². The van der Waals surface area contributed by atoms with Gasteiger partial charge >= 0.3 is 11.9 Å². The molecule has 0 radical (unpaired) electrons. The monoisotopic (exact) mass is 585 g/mol.